The van der Waals surface area contributed by atoms with Crippen molar-refractivity contribution in [2.75, 3.05) is 14.2 Å². The lowest BCUT2D eigenvalue weighted by Crippen LogP contribution is -3.10. The van der Waals surface area contributed by atoms with Gasteiger partial charge in [0.15, 0.2) is 0 Å². The fraction of sp³-hybridized carbons (Fsp3) is 0.429. The predicted octanol–water partition coefficient (Wildman–Crippen LogP) is 0.181. The van der Waals surface area contributed by atoms with Crippen LogP contribution in [-0.2, 0) is 36.2 Å². The maximum atomic E-state index is 13.9. The summed E-state index contributed by atoms with van der Waals surface area (Å²) in [6.45, 7) is -1.76. The average Bonchev–Trinajstić information content (AvgIpc) is 2.70. The maximum absolute atomic E-state index is 13.9. The molecule has 0 aliphatic heterocycles. The molecule has 2 N–H and O–H groups in total. The highest BCUT2D eigenvalue weighted by molar-refractivity contribution is 7.87. The van der Waals surface area contributed by atoms with Gasteiger partial charge in [-0.2, -0.15) is 43.2 Å². The Labute approximate surface area is 181 Å². The first-order chi connectivity index (χ1) is 14.7. The quantitative estimate of drug-likeness (QED) is 0.193. The topological polar surface area (TPSA) is 169 Å². The van der Waals surface area contributed by atoms with E-state index in [0.717, 1.165) is 20.3 Å². The van der Waals surface area contributed by atoms with Crippen LogP contribution in [0.3, 0.4) is 0 Å². The normalized spacial score (nSPS) is 14.5. The third-order valence-electron chi connectivity index (χ3n) is 3.88. The summed E-state index contributed by atoms with van der Waals surface area (Å²) in [4.78, 5) is 23.3. The average molecular weight is 533 g/mol. The number of alkyl halides is 6. The van der Waals surface area contributed by atoms with Gasteiger partial charge in [0.2, 0.25) is 0 Å². The molecule has 0 radical (unpaired) electrons. The lowest BCUT2D eigenvalue weighted by atomic mass is 10.1. The number of hydrogen-bond acceptors (Lipinski definition) is 9. The number of sulfonamides is 1. The van der Waals surface area contributed by atoms with Crippen molar-refractivity contribution in [2.24, 2.45) is 0 Å². The first kappa shape index (κ1) is 28.6. The fourth-order valence-corrected chi connectivity index (χ4v) is 3.80. The molecule has 0 saturated carbocycles. The Hall–Kier alpha value is -2.48. The van der Waals surface area contributed by atoms with Crippen LogP contribution in [0.25, 0.3) is 0 Å². The van der Waals surface area contributed by atoms with Gasteiger partial charge >= 0.3 is 48.5 Å². The maximum Gasteiger partial charge on any atom is 0.465 e. The number of esters is 2. The summed E-state index contributed by atoms with van der Waals surface area (Å²) in [5, 5.41) is -2.13. The number of quaternary nitrogens is 1. The van der Waals surface area contributed by atoms with Crippen molar-refractivity contribution >= 4 is 32.1 Å². The molecular weight excluding hydrogens is 520 g/mol. The van der Waals surface area contributed by atoms with E-state index in [1.165, 1.54) is 0 Å². The summed E-state index contributed by atoms with van der Waals surface area (Å²) in [5.41, 5.74) is -1.82. The molecule has 0 spiro atoms. The van der Waals surface area contributed by atoms with Gasteiger partial charge in [0.25, 0.3) is 0 Å². The van der Waals surface area contributed by atoms with E-state index >= 15 is 0 Å². The summed E-state index contributed by atoms with van der Waals surface area (Å²) in [7, 11) is -12.8. The molecule has 0 fully saturated rings. The second kappa shape index (κ2) is 9.05. The van der Waals surface area contributed by atoms with Crippen LogP contribution in [0.4, 0.5) is 26.3 Å². The zero-order valence-corrected chi connectivity index (χ0v) is 17.8. The smallest absolute Gasteiger partial charge is 0.465 e. The van der Waals surface area contributed by atoms with Gasteiger partial charge in [0.1, 0.15) is 6.54 Å². The lowest BCUT2D eigenvalue weighted by Gasteiger charge is -2.33. The van der Waals surface area contributed by atoms with Gasteiger partial charge in [-0.3, -0.25) is 9.02 Å². The van der Waals surface area contributed by atoms with E-state index < -0.39 is 76.2 Å². The molecule has 11 nitrogen and oxygen atoms in total. The van der Waals surface area contributed by atoms with E-state index in [2.05, 4.69) is 9.47 Å². The van der Waals surface area contributed by atoms with Crippen LogP contribution in [0, 0.1) is 5.21 Å². The number of carbonyl (C=O) groups excluding carboxylic acids is 2. The van der Waals surface area contributed by atoms with Crippen LogP contribution >= 0.6 is 0 Å². The molecule has 1 unspecified atom stereocenters. The molecule has 33 heavy (non-hydrogen) atoms. The van der Waals surface area contributed by atoms with E-state index in [4.69, 9.17) is 4.55 Å². The van der Waals surface area contributed by atoms with Crippen LogP contribution in [0.1, 0.15) is 26.3 Å². The van der Waals surface area contributed by atoms with Crippen molar-refractivity contribution in [3.05, 3.63) is 40.1 Å². The standard InChI is InChI=1S/C14H13F6NO10S2/c1-30-10(22)8-3-7(4-9(5-8)11(23)31-2)6-21(24)32(25,26)13(17,18)12(15,16)14(19,20)33(27,28)29/h3-5,21H,6H2,1-2H3,(H,27,28,29). The minimum atomic E-state index is -7.30. The highest BCUT2D eigenvalue weighted by Gasteiger charge is 2.83. The molecular formula is C14H13F6NO10S2. The van der Waals surface area contributed by atoms with E-state index in [9.17, 15) is 58.0 Å². The van der Waals surface area contributed by atoms with Gasteiger partial charge in [0, 0.05) is 5.56 Å². The molecule has 188 valence electrons. The van der Waals surface area contributed by atoms with Gasteiger partial charge in [-0.05, 0) is 18.2 Å². The van der Waals surface area contributed by atoms with Gasteiger partial charge < -0.3 is 14.7 Å². The number of nitrogens with one attached hydrogen (secondary N) is 1. The number of halogens is 6. The number of ether oxygens (including phenoxy) is 2. The van der Waals surface area contributed by atoms with Crippen molar-refractivity contribution in [1.82, 2.24) is 0 Å². The summed E-state index contributed by atoms with van der Waals surface area (Å²) in [6, 6.07) is 2.08. The number of hydroxylamine groups is 1. The Kier molecular flexibility index (Phi) is 7.83. The van der Waals surface area contributed by atoms with Crippen LogP contribution < -0.4 is 4.47 Å². The molecule has 1 atom stereocenters. The highest BCUT2D eigenvalue weighted by atomic mass is 32.2. The van der Waals surface area contributed by atoms with Gasteiger partial charge in [-0.15, -0.1) is 0 Å². The van der Waals surface area contributed by atoms with Crippen LogP contribution in [0.2, 0.25) is 0 Å². The predicted molar refractivity (Wildman–Crippen MR) is 92.5 cm³/mol. The van der Waals surface area contributed by atoms with Gasteiger partial charge in [-0.25, -0.2) is 9.59 Å². The second-order valence-electron chi connectivity index (χ2n) is 6.04. The van der Waals surface area contributed by atoms with E-state index in [-0.39, 0.29) is 0 Å². The number of carbonyl (C=O) groups is 2. The Morgan fingerprint density at radius 3 is 1.64 bits per heavy atom. The Bertz CT molecular complexity index is 1120. The molecule has 0 aliphatic carbocycles. The van der Waals surface area contributed by atoms with Crippen molar-refractivity contribution in [1.29, 1.82) is 0 Å². The second-order valence-corrected chi connectivity index (χ2v) is 9.47. The summed E-state index contributed by atoms with van der Waals surface area (Å²) in [5.74, 6) is -9.66. The van der Waals surface area contributed by atoms with E-state index in [1.54, 1.807) is 0 Å². The zero-order valence-electron chi connectivity index (χ0n) is 16.1. The Balaban J connectivity index is 3.52. The van der Waals surface area contributed by atoms with Gasteiger partial charge in [-0.1, -0.05) is 0 Å². The summed E-state index contributed by atoms with van der Waals surface area (Å²) >= 11 is 0. The first-order valence-electron chi connectivity index (χ1n) is 7.87. The monoisotopic (exact) mass is 533 g/mol. The largest absolute Gasteiger partial charge is 0.618 e. The SMILES string of the molecule is COC(=O)c1cc(C[NH+]([O-])S(=O)(=O)C(F)(F)C(F)(F)C(F)(F)S(=O)(=O)O)cc(C(=O)OC)c1. The Morgan fingerprint density at radius 1 is 0.909 bits per heavy atom. The number of methoxy groups -OCH3 is 2. The number of rotatable bonds is 9. The molecule has 0 aliphatic rings. The van der Waals surface area contributed by atoms with Crippen molar-refractivity contribution in [3.8, 4) is 0 Å². The summed E-state index contributed by atoms with van der Waals surface area (Å²) < 4.78 is 140. The third kappa shape index (κ3) is 4.90. The zero-order chi connectivity index (χ0) is 26.2. The Morgan fingerprint density at radius 2 is 1.30 bits per heavy atom. The van der Waals surface area contributed by atoms with Crippen LogP contribution in [0.15, 0.2) is 18.2 Å². The summed E-state index contributed by atoms with van der Waals surface area (Å²) in [6.07, 6.45) is 0. The van der Waals surface area contributed by atoms with Crippen LogP contribution in [0.5, 0.6) is 0 Å². The number of benzene rings is 1. The fourth-order valence-electron chi connectivity index (χ4n) is 2.17. The lowest BCUT2D eigenvalue weighted by molar-refractivity contribution is -0.727. The molecule has 0 heterocycles. The molecule has 0 aromatic heterocycles. The molecule has 1 aromatic carbocycles. The molecule has 0 amide bonds. The first-order valence-corrected chi connectivity index (χ1v) is 10.8. The van der Waals surface area contributed by atoms with Crippen LogP contribution in [-0.4, -0.2) is 64.0 Å². The number of hydrogen-bond donors (Lipinski definition) is 2. The minimum Gasteiger partial charge on any atom is -0.618 e. The molecule has 0 bridgehead atoms. The van der Waals surface area contributed by atoms with Gasteiger partial charge in [0.05, 0.1) is 25.3 Å². The molecule has 19 heteroatoms. The molecule has 1 aromatic rings. The van der Waals surface area contributed by atoms with Crippen molar-refractivity contribution < 1.29 is 71.3 Å². The third-order valence-corrected chi connectivity index (χ3v) is 6.46. The van der Waals surface area contributed by atoms with E-state index in [1.807, 2.05) is 0 Å². The highest BCUT2D eigenvalue weighted by Crippen LogP contribution is 2.49. The molecule has 1 rings (SSSR count). The molecule has 0 saturated heterocycles. The van der Waals surface area contributed by atoms with E-state index in [0.29, 0.717) is 12.1 Å². The minimum absolute atomic E-state index is 0.546. The van der Waals surface area contributed by atoms with Crippen molar-refractivity contribution in [3.63, 3.8) is 0 Å². The van der Waals surface area contributed by atoms with Crippen molar-refractivity contribution in [2.45, 2.75) is 23.0 Å².